The molecule has 0 saturated carbocycles. The minimum atomic E-state index is -0.847. The predicted octanol–water partition coefficient (Wildman–Crippen LogP) is 4.65. The van der Waals surface area contributed by atoms with Gasteiger partial charge in [-0.3, -0.25) is 4.79 Å². The van der Waals surface area contributed by atoms with Crippen molar-refractivity contribution in [2.24, 2.45) is 12.8 Å². The number of likely N-dealkylation sites (N-methyl/N-ethyl adjacent to an activating group) is 1. The van der Waals surface area contributed by atoms with E-state index in [9.17, 15) is 10.1 Å². The molecule has 1 aliphatic rings. The van der Waals surface area contributed by atoms with E-state index in [0.29, 0.717) is 30.0 Å². The summed E-state index contributed by atoms with van der Waals surface area (Å²) in [7, 11) is 3.75. The fraction of sp³-hybridized carbons (Fsp3) is 0.258. The highest BCUT2D eigenvalue weighted by Crippen LogP contribution is 2.41. The lowest BCUT2D eigenvalue weighted by molar-refractivity contribution is -0.131. The van der Waals surface area contributed by atoms with Gasteiger partial charge in [0.25, 0.3) is 0 Å². The minimum absolute atomic E-state index is 0.105. The molecule has 4 aromatic rings. The molecule has 7 nitrogen and oxygen atoms in total. The monoisotopic (exact) mass is 505 g/mol. The topological polar surface area (TPSA) is 97.2 Å². The molecule has 38 heavy (non-hydrogen) atoms. The second-order valence-corrected chi connectivity index (χ2v) is 10.3. The van der Waals surface area contributed by atoms with Crippen LogP contribution in [0.2, 0.25) is 0 Å². The fourth-order valence-electron chi connectivity index (χ4n) is 5.42. The first kappa shape index (κ1) is 25.2. The highest BCUT2D eigenvalue weighted by molar-refractivity contribution is 5.90. The van der Waals surface area contributed by atoms with Gasteiger partial charge in [-0.25, -0.2) is 4.98 Å². The summed E-state index contributed by atoms with van der Waals surface area (Å²) in [5, 5.41) is 9.79. The van der Waals surface area contributed by atoms with Crippen molar-refractivity contribution >= 4 is 5.91 Å². The maximum Gasteiger partial charge on any atom is 0.233 e. The van der Waals surface area contributed by atoms with Crippen molar-refractivity contribution in [2.45, 2.75) is 30.7 Å². The number of nitriles is 1. The Bertz CT molecular complexity index is 1520. The lowest BCUT2D eigenvalue weighted by Crippen LogP contribution is -2.38. The summed E-state index contributed by atoms with van der Waals surface area (Å²) in [6.07, 6.45) is 4.77. The van der Waals surface area contributed by atoms with Crippen LogP contribution >= 0.6 is 0 Å². The Hall–Kier alpha value is -4.41. The highest BCUT2D eigenvalue weighted by atomic mass is 16.5. The maximum absolute atomic E-state index is 13.5. The Balaban J connectivity index is 1.52. The molecule has 1 amide bonds. The lowest BCUT2D eigenvalue weighted by atomic mass is 9.74. The number of imidazole rings is 1. The van der Waals surface area contributed by atoms with E-state index in [1.165, 1.54) is 0 Å². The van der Waals surface area contributed by atoms with E-state index < -0.39 is 11.0 Å². The first-order valence-electron chi connectivity index (χ1n) is 12.6. The molecule has 2 heterocycles. The molecule has 0 aliphatic carbocycles. The second-order valence-electron chi connectivity index (χ2n) is 10.3. The van der Waals surface area contributed by atoms with Gasteiger partial charge in [0.05, 0.1) is 34.7 Å². The van der Waals surface area contributed by atoms with E-state index >= 15 is 0 Å². The third-order valence-corrected chi connectivity index (χ3v) is 7.64. The average molecular weight is 506 g/mol. The number of amides is 1. The van der Waals surface area contributed by atoms with E-state index in [1.54, 1.807) is 23.5 Å². The van der Waals surface area contributed by atoms with Gasteiger partial charge in [-0.15, -0.1) is 0 Å². The second kappa shape index (κ2) is 9.81. The molecule has 3 aromatic carbocycles. The predicted molar refractivity (Wildman–Crippen MR) is 146 cm³/mol. The molecule has 2 atom stereocenters. The number of nitrogens with zero attached hydrogens (tertiary/aromatic N) is 4. The number of hydrogen-bond donors (Lipinski definition) is 1. The minimum Gasteiger partial charge on any atom is -0.456 e. The number of rotatable bonds is 7. The van der Waals surface area contributed by atoms with Gasteiger partial charge in [0, 0.05) is 20.6 Å². The largest absolute Gasteiger partial charge is 0.456 e. The number of carbonyl (C=O) groups excluding carboxylic acids is 1. The molecular formula is C31H31N5O2. The molecule has 1 aromatic heterocycles. The normalized spacial score (nSPS) is 18.7. The lowest BCUT2D eigenvalue weighted by Gasteiger charge is -2.28. The summed E-state index contributed by atoms with van der Waals surface area (Å²) in [5.41, 5.74) is 9.26. The van der Waals surface area contributed by atoms with Crippen LogP contribution in [0.4, 0.5) is 0 Å². The third kappa shape index (κ3) is 4.44. The Kier molecular flexibility index (Phi) is 6.52. The zero-order valence-electron chi connectivity index (χ0n) is 21.9. The van der Waals surface area contributed by atoms with E-state index in [-0.39, 0.29) is 5.91 Å². The molecule has 1 saturated heterocycles. The van der Waals surface area contributed by atoms with Gasteiger partial charge in [0.1, 0.15) is 17.6 Å². The number of nitrogens with two attached hydrogens (primary N) is 1. The number of aryl methyl sites for hydroxylation is 1. The summed E-state index contributed by atoms with van der Waals surface area (Å²) in [4.78, 5) is 19.5. The van der Waals surface area contributed by atoms with Gasteiger partial charge < -0.3 is 19.9 Å². The summed E-state index contributed by atoms with van der Waals surface area (Å²) >= 11 is 0. The van der Waals surface area contributed by atoms with Crippen LogP contribution in [0.5, 0.6) is 11.5 Å². The van der Waals surface area contributed by atoms with Gasteiger partial charge in [0.2, 0.25) is 5.91 Å². The van der Waals surface area contributed by atoms with Crippen molar-refractivity contribution in [2.75, 3.05) is 13.6 Å². The van der Waals surface area contributed by atoms with Crippen molar-refractivity contribution in [3.8, 4) is 17.6 Å². The third-order valence-electron chi connectivity index (χ3n) is 7.64. The smallest absolute Gasteiger partial charge is 0.233 e. The molecule has 0 radical (unpaired) electrons. The Morgan fingerprint density at radius 1 is 1.11 bits per heavy atom. The van der Waals surface area contributed by atoms with Crippen molar-refractivity contribution in [1.82, 2.24) is 14.5 Å². The number of carbonyl (C=O) groups is 1. The molecule has 1 fully saturated rings. The number of likely N-dealkylation sites (tertiary alicyclic amines) is 1. The summed E-state index contributed by atoms with van der Waals surface area (Å²) in [6.45, 7) is 2.60. The van der Waals surface area contributed by atoms with Gasteiger partial charge in [-0.2, -0.15) is 5.26 Å². The standard InChI is InChI=1S/C31H31N5O2/c1-30(33,28-20-34-21-36(28)3)24-13-12-23(19-32)27(17-24)38-26-11-7-10-25(16-26)31(14-15-35(2)29(31)37)18-22-8-5-4-6-9-22/h4-13,16-17,20-21H,14-15,18,33H2,1-3H3. The zero-order chi connectivity index (χ0) is 26.9. The van der Waals surface area contributed by atoms with Crippen LogP contribution in [0.25, 0.3) is 0 Å². The van der Waals surface area contributed by atoms with Crippen LogP contribution in [0, 0.1) is 11.3 Å². The van der Waals surface area contributed by atoms with Gasteiger partial charge in [0.15, 0.2) is 0 Å². The molecule has 0 spiro atoms. The number of benzene rings is 3. The fourth-order valence-corrected chi connectivity index (χ4v) is 5.42. The summed E-state index contributed by atoms with van der Waals surface area (Å²) < 4.78 is 8.19. The van der Waals surface area contributed by atoms with Crippen molar-refractivity contribution in [3.63, 3.8) is 0 Å². The molecule has 2 N–H and O–H groups in total. The van der Waals surface area contributed by atoms with Gasteiger partial charge >= 0.3 is 0 Å². The number of aromatic nitrogens is 2. The van der Waals surface area contributed by atoms with Crippen LogP contribution in [0.3, 0.4) is 0 Å². The first-order chi connectivity index (χ1) is 18.2. The first-order valence-corrected chi connectivity index (χ1v) is 12.6. The van der Waals surface area contributed by atoms with Crippen LogP contribution in [0.15, 0.2) is 85.3 Å². The maximum atomic E-state index is 13.5. The zero-order valence-corrected chi connectivity index (χ0v) is 21.9. The van der Waals surface area contributed by atoms with E-state index in [0.717, 1.165) is 28.8 Å². The highest BCUT2D eigenvalue weighted by Gasteiger charge is 2.46. The Morgan fingerprint density at radius 2 is 1.89 bits per heavy atom. The van der Waals surface area contributed by atoms with Gasteiger partial charge in [-0.1, -0.05) is 48.5 Å². The van der Waals surface area contributed by atoms with Crippen LogP contribution in [-0.4, -0.2) is 34.0 Å². The average Bonchev–Trinajstić information content (AvgIpc) is 3.49. The van der Waals surface area contributed by atoms with Crippen LogP contribution in [-0.2, 0) is 29.2 Å². The molecule has 0 bridgehead atoms. The van der Waals surface area contributed by atoms with Crippen LogP contribution < -0.4 is 10.5 Å². The van der Waals surface area contributed by atoms with Crippen molar-refractivity contribution in [1.29, 1.82) is 5.26 Å². The molecule has 192 valence electrons. The number of ether oxygens (including phenoxy) is 1. The summed E-state index contributed by atoms with van der Waals surface area (Å²) in [5.74, 6) is 1.08. The Morgan fingerprint density at radius 3 is 2.55 bits per heavy atom. The van der Waals surface area contributed by atoms with E-state index in [1.807, 2.05) is 80.2 Å². The molecular weight excluding hydrogens is 474 g/mol. The SMILES string of the molecule is CN1CCC(Cc2ccccc2)(c2cccc(Oc3cc(C(C)(N)c4cncn4C)ccc3C#N)c2)C1=O. The van der Waals surface area contributed by atoms with E-state index in [2.05, 4.69) is 23.2 Å². The van der Waals surface area contributed by atoms with E-state index in [4.69, 9.17) is 10.5 Å². The Labute approximate surface area is 223 Å². The molecule has 7 heteroatoms. The molecule has 2 unspecified atom stereocenters. The van der Waals surface area contributed by atoms with Crippen molar-refractivity contribution in [3.05, 3.63) is 113 Å². The number of hydrogen-bond acceptors (Lipinski definition) is 5. The molecule has 5 rings (SSSR count). The quantitative estimate of drug-likeness (QED) is 0.394. The summed E-state index contributed by atoms with van der Waals surface area (Å²) in [6, 6.07) is 25.4. The van der Waals surface area contributed by atoms with Crippen LogP contribution in [0.1, 0.15) is 41.3 Å². The van der Waals surface area contributed by atoms with Gasteiger partial charge in [-0.05, 0) is 60.7 Å². The van der Waals surface area contributed by atoms with Crippen molar-refractivity contribution < 1.29 is 9.53 Å². The molecule has 1 aliphatic heterocycles.